The fourth-order valence-corrected chi connectivity index (χ4v) is 4.76. The largest absolute Gasteiger partial charge is 0.493 e. The third kappa shape index (κ3) is 2.77. The first-order valence-electron chi connectivity index (χ1n) is 9.57. The Labute approximate surface area is 158 Å². The summed E-state index contributed by atoms with van der Waals surface area (Å²) in [5.41, 5.74) is 5.01. The van der Waals surface area contributed by atoms with Crippen LogP contribution in [0, 0.1) is 6.92 Å². The first-order chi connectivity index (χ1) is 13.2. The van der Waals surface area contributed by atoms with Crippen molar-refractivity contribution in [1.29, 1.82) is 0 Å². The molecule has 0 aliphatic carbocycles. The van der Waals surface area contributed by atoms with Gasteiger partial charge in [0.25, 0.3) is 0 Å². The highest BCUT2D eigenvalue weighted by Crippen LogP contribution is 2.46. The van der Waals surface area contributed by atoms with Gasteiger partial charge in [0.15, 0.2) is 11.5 Å². The number of nitrogens with zero attached hydrogens (tertiary/aromatic N) is 1. The van der Waals surface area contributed by atoms with Gasteiger partial charge in [-0.25, -0.2) is 0 Å². The normalized spacial score (nSPS) is 23.3. The molecular weight excluding hydrogens is 342 g/mol. The summed E-state index contributed by atoms with van der Waals surface area (Å²) >= 11 is 0. The van der Waals surface area contributed by atoms with E-state index in [2.05, 4.69) is 36.1 Å². The molecule has 1 fully saturated rings. The van der Waals surface area contributed by atoms with Crippen LogP contribution in [0.25, 0.3) is 0 Å². The van der Waals surface area contributed by atoms with Gasteiger partial charge in [-0.3, -0.25) is 4.90 Å². The standard InChI is InChI=1S/C22H23NO4/c1-14-18(3-5-21-22(14)27-13-26-21)17-11-19(23(12-17)7-8-24)15-2-4-20-16(10-15)6-9-25-20/h2-5,8,10,17,19H,6-7,9,11-13H2,1H3/t17-,19?/m1/s1. The molecule has 5 rings (SSSR count). The second-order valence-electron chi connectivity index (χ2n) is 7.55. The van der Waals surface area contributed by atoms with E-state index in [-0.39, 0.29) is 6.04 Å². The van der Waals surface area contributed by atoms with Crippen LogP contribution in [-0.4, -0.2) is 37.7 Å². The van der Waals surface area contributed by atoms with Crippen molar-refractivity contribution in [3.8, 4) is 17.2 Å². The maximum absolute atomic E-state index is 11.3. The van der Waals surface area contributed by atoms with E-state index in [1.807, 2.05) is 6.07 Å². The summed E-state index contributed by atoms with van der Waals surface area (Å²) in [5, 5.41) is 0. The summed E-state index contributed by atoms with van der Waals surface area (Å²) in [5.74, 6) is 3.07. The minimum Gasteiger partial charge on any atom is -0.493 e. The maximum atomic E-state index is 11.3. The number of fused-ring (bicyclic) bond motifs is 2. The Morgan fingerprint density at radius 1 is 1.15 bits per heavy atom. The third-order valence-corrected chi connectivity index (χ3v) is 6.08. The first kappa shape index (κ1) is 16.6. The number of likely N-dealkylation sites (tertiary alicyclic amines) is 1. The van der Waals surface area contributed by atoms with Crippen molar-refractivity contribution < 1.29 is 19.0 Å². The zero-order valence-corrected chi connectivity index (χ0v) is 15.4. The van der Waals surface area contributed by atoms with E-state index in [0.29, 0.717) is 19.3 Å². The topological polar surface area (TPSA) is 48.0 Å². The molecule has 3 heterocycles. The predicted molar refractivity (Wildman–Crippen MR) is 101 cm³/mol. The van der Waals surface area contributed by atoms with Gasteiger partial charge in [-0.05, 0) is 53.6 Å². The smallest absolute Gasteiger partial charge is 0.231 e. The summed E-state index contributed by atoms with van der Waals surface area (Å²) in [6.07, 6.45) is 2.97. The van der Waals surface area contributed by atoms with E-state index >= 15 is 0 Å². The minimum atomic E-state index is 0.246. The molecule has 140 valence electrons. The van der Waals surface area contributed by atoms with Crippen LogP contribution in [-0.2, 0) is 11.2 Å². The SMILES string of the molecule is Cc1c([C@@H]2CC(c3ccc4c(c3)CCO4)N(CC=O)C2)ccc2c1OCO2. The number of ether oxygens (including phenoxy) is 3. The summed E-state index contributed by atoms with van der Waals surface area (Å²) in [6.45, 7) is 4.49. The Morgan fingerprint density at radius 3 is 2.93 bits per heavy atom. The van der Waals surface area contributed by atoms with Crippen LogP contribution < -0.4 is 14.2 Å². The van der Waals surface area contributed by atoms with E-state index in [1.165, 1.54) is 16.7 Å². The average molecular weight is 365 g/mol. The predicted octanol–water partition coefficient (Wildman–Crippen LogP) is 3.39. The molecule has 0 bridgehead atoms. The lowest BCUT2D eigenvalue weighted by molar-refractivity contribution is -0.109. The fraction of sp³-hybridized carbons (Fsp3) is 0.409. The van der Waals surface area contributed by atoms with Gasteiger partial charge in [-0.2, -0.15) is 0 Å². The molecule has 1 saturated heterocycles. The molecule has 0 saturated carbocycles. The highest BCUT2D eigenvalue weighted by Gasteiger charge is 2.35. The van der Waals surface area contributed by atoms with Crippen molar-refractivity contribution in [3.05, 3.63) is 52.6 Å². The molecule has 2 atom stereocenters. The lowest BCUT2D eigenvalue weighted by Crippen LogP contribution is -2.25. The Balaban J connectivity index is 1.46. The molecular formula is C22H23NO4. The molecule has 2 aromatic rings. The molecule has 0 aromatic heterocycles. The highest BCUT2D eigenvalue weighted by molar-refractivity contribution is 5.54. The van der Waals surface area contributed by atoms with E-state index in [9.17, 15) is 4.79 Å². The van der Waals surface area contributed by atoms with Gasteiger partial charge in [0.05, 0.1) is 13.2 Å². The van der Waals surface area contributed by atoms with E-state index in [4.69, 9.17) is 14.2 Å². The molecule has 3 aliphatic heterocycles. The highest BCUT2D eigenvalue weighted by atomic mass is 16.7. The number of hydrogen-bond acceptors (Lipinski definition) is 5. The number of benzene rings is 2. The third-order valence-electron chi connectivity index (χ3n) is 6.08. The van der Waals surface area contributed by atoms with Crippen LogP contribution in [0.4, 0.5) is 0 Å². The molecule has 5 nitrogen and oxygen atoms in total. The number of carbonyl (C=O) groups excluding carboxylic acids is 1. The number of carbonyl (C=O) groups is 1. The second-order valence-corrected chi connectivity index (χ2v) is 7.55. The van der Waals surface area contributed by atoms with Crippen LogP contribution >= 0.6 is 0 Å². The molecule has 0 spiro atoms. The van der Waals surface area contributed by atoms with Gasteiger partial charge < -0.3 is 19.0 Å². The van der Waals surface area contributed by atoms with E-state index < -0.39 is 0 Å². The van der Waals surface area contributed by atoms with Crippen molar-refractivity contribution in [3.63, 3.8) is 0 Å². The molecule has 2 aromatic carbocycles. The Hall–Kier alpha value is -2.53. The van der Waals surface area contributed by atoms with Gasteiger partial charge in [-0.15, -0.1) is 0 Å². The Bertz CT molecular complexity index is 894. The summed E-state index contributed by atoms with van der Waals surface area (Å²) in [7, 11) is 0. The molecule has 5 heteroatoms. The zero-order chi connectivity index (χ0) is 18.4. The van der Waals surface area contributed by atoms with Crippen LogP contribution in [0.15, 0.2) is 30.3 Å². The van der Waals surface area contributed by atoms with Crippen LogP contribution in [0.1, 0.15) is 40.6 Å². The molecule has 27 heavy (non-hydrogen) atoms. The van der Waals surface area contributed by atoms with Gasteiger partial charge in [-0.1, -0.05) is 18.2 Å². The van der Waals surface area contributed by atoms with Crippen molar-refractivity contribution in [2.24, 2.45) is 0 Å². The molecule has 0 radical (unpaired) electrons. The van der Waals surface area contributed by atoms with Gasteiger partial charge in [0.1, 0.15) is 12.0 Å². The Morgan fingerprint density at radius 2 is 2.04 bits per heavy atom. The van der Waals surface area contributed by atoms with Crippen molar-refractivity contribution in [1.82, 2.24) is 4.90 Å². The van der Waals surface area contributed by atoms with Crippen LogP contribution in [0.3, 0.4) is 0 Å². The van der Waals surface area contributed by atoms with Gasteiger partial charge in [0.2, 0.25) is 6.79 Å². The Kier molecular flexibility index (Phi) is 4.05. The molecule has 0 amide bonds. The lowest BCUT2D eigenvalue weighted by atomic mass is 9.90. The van der Waals surface area contributed by atoms with Gasteiger partial charge in [0, 0.05) is 19.0 Å². The summed E-state index contributed by atoms with van der Waals surface area (Å²) in [4.78, 5) is 13.6. The van der Waals surface area contributed by atoms with Crippen LogP contribution in [0.5, 0.6) is 17.2 Å². The summed E-state index contributed by atoms with van der Waals surface area (Å²) in [6, 6.07) is 10.9. The summed E-state index contributed by atoms with van der Waals surface area (Å²) < 4.78 is 16.8. The van der Waals surface area contributed by atoms with Crippen molar-refractivity contribution >= 4 is 6.29 Å². The number of rotatable bonds is 4. The van der Waals surface area contributed by atoms with Crippen LogP contribution in [0.2, 0.25) is 0 Å². The second kappa shape index (κ2) is 6.57. The first-order valence-corrected chi connectivity index (χ1v) is 9.57. The molecule has 0 N–H and O–H groups in total. The zero-order valence-electron chi connectivity index (χ0n) is 15.4. The average Bonchev–Trinajstić information content (AvgIpc) is 3.41. The quantitative estimate of drug-likeness (QED) is 0.778. The van der Waals surface area contributed by atoms with E-state index in [1.54, 1.807) is 0 Å². The maximum Gasteiger partial charge on any atom is 0.231 e. The molecule has 3 aliphatic rings. The number of aldehydes is 1. The number of hydrogen-bond donors (Lipinski definition) is 0. The molecule has 1 unspecified atom stereocenters. The minimum absolute atomic E-state index is 0.246. The fourth-order valence-electron chi connectivity index (χ4n) is 4.76. The van der Waals surface area contributed by atoms with Gasteiger partial charge >= 0.3 is 0 Å². The lowest BCUT2D eigenvalue weighted by Gasteiger charge is -2.22. The van der Waals surface area contributed by atoms with E-state index in [0.717, 1.165) is 55.1 Å². The van der Waals surface area contributed by atoms with Crippen molar-refractivity contribution in [2.45, 2.75) is 31.7 Å². The monoisotopic (exact) mass is 365 g/mol. The van der Waals surface area contributed by atoms with Crippen molar-refractivity contribution in [2.75, 3.05) is 26.5 Å².